The number of aromatic nitrogens is 1. The van der Waals surface area contributed by atoms with Gasteiger partial charge in [-0.25, -0.2) is 9.18 Å². The Morgan fingerprint density at radius 2 is 1.76 bits per heavy atom. The monoisotopic (exact) mass is 613 g/mol. The van der Waals surface area contributed by atoms with Crippen LogP contribution in [-0.4, -0.2) is 65.6 Å². The average molecular weight is 614 g/mol. The lowest BCUT2D eigenvalue weighted by Crippen LogP contribution is -2.50. The van der Waals surface area contributed by atoms with E-state index in [1.54, 1.807) is 6.07 Å². The molecule has 2 aromatic carbocycles. The lowest BCUT2D eigenvalue weighted by molar-refractivity contribution is 0.0542. The summed E-state index contributed by atoms with van der Waals surface area (Å²) in [5.41, 5.74) is 7.09. The Labute approximate surface area is 265 Å². The van der Waals surface area contributed by atoms with E-state index in [1.807, 2.05) is 30.9 Å². The minimum atomic E-state index is -0.441. The van der Waals surface area contributed by atoms with Gasteiger partial charge in [0, 0.05) is 44.2 Å². The van der Waals surface area contributed by atoms with E-state index in [0.717, 1.165) is 61.5 Å². The third-order valence-corrected chi connectivity index (χ3v) is 9.31. The van der Waals surface area contributed by atoms with Gasteiger partial charge in [0.05, 0.1) is 35.7 Å². The number of ether oxygens (including phenoxy) is 2. The first kappa shape index (κ1) is 31.2. The first-order valence-electron chi connectivity index (χ1n) is 16.5. The normalized spacial score (nSPS) is 17.5. The van der Waals surface area contributed by atoms with Gasteiger partial charge in [-0.1, -0.05) is 25.5 Å². The van der Waals surface area contributed by atoms with Gasteiger partial charge in [0.2, 0.25) is 0 Å². The first-order chi connectivity index (χ1) is 21.7. The van der Waals surface area contributed by atoms with Crippen molar-refractivity contribution in [2.45, 2.75) is 90.3 Å². The molecule has 0 atom stereocenters. The van der Waals surface area contributed by atoms with E-state index in [4.69, 9.17) is 14.5 Å². The van der Waals surface area contributed by atoms with Crippen molar-refractivity contribution in [2.24, 2.45) is 0 Å². The molecule has 238 valence electrons. The molecule has 0 unspecified atom stereocenters. The molecule has 2 aliphatic heterocycles. The van der Waals surface area contributed by atoms with Gasteiger partial charge in [-0.15, -0.1) is 0 Å². The highest BCUT2D eigenvalue weighted by molar-refractivity contribution is 6.00. The fourth-order valence-corrected chi connectivity index (χ4v) is 6.89. The highest BCUT2D eigenvalue weighted by Gasteiger charge is 2.35. The number of hydrogen-bond acceptors (Lipinski definition) is 6. The van der Waals surface area contributed by atoms with Crippen LogP contribution in [0, 0.1) is 5.82 Å². The van der Waals surface area contributed by atoms with Crippen molar-refractivity contribution in [3.05, 3.63) is 81.9 Å². The summed E-state index contributed by atoms with van der Waals surface area (Å²) in [5, 5.41) is 0. The molecule has 0 bridgehead atoms. The molecule has 2 fully saturated rings. The number of esters is 1. The lowest BCUT2D eigenvalue weighted by Gasteiger charge is -2.40. The summed E-state index contributed by atoms with van der Waals surface area (Å²) in [6.07, 6.45) is 6.38. The molecule has 1 saturated heterocycles. The number of aryl methyl sites for hydroxylation is 1. The van der Waals surface area contributed by atoms with Crippen LogP contribution in [0.25, 0.3) is 11.1 Å². The van der Waals surface area contributed by atoms with Gasteiger partial charge >= 0.3 is 5.97 Å². The van der Waals surface area contributed by atoms with Crippen molar-refractivity contribution in [1.82, 2.24) is 14.8 Å². The Bertz CT molecular complexity index is 1560. The number of piperidine rings is 1. The van der Waals surface area contributed by atoms with Gasteiger partial charge in [0.25, 0.3) is 5.91 Å². The number of halogens is 1. The van der Waals surface area contributed by atoms with Gasteiger partial charge in [0.15, 0.2) is 0 Å². The van der Waals surface area contributed by atoms with Gasteiger partial charge in [0.1, 0.15) is 11.6 Å². The Balaban J connectivity index is 1.18. The number of likely N-dealkylation sites (tertiary alicyclic amines) is 1. The van der Waals surface area contributed by atoms with Crippen LogP contribution in [0.5, 0.6) is 5.75 Å². The molecule has 1 aromatic heterocycles. The zero-order valence-corrected chi connectivity index (χ0v) is 26.9. The molecular weight excluding hydrogens is 569 g/mol. The molecule has 1 saturated carbocycles. The SMILES string of the molecule is CCCc1nc2c(cc1C(=O)OC)C(=O)N(C1CCN(Cc3cc(C4CC4)c(-c4ccc(F)cc4)cc3OC(C)C)CC1)CC2. The molecule has 1 aliphatic carbocycles. The van der Waals surface area contributed by atoms with Gasteiger partial charge in [-0.05, 0) is 98.9 Å². The molecule has 8 heteroatoms. The van der Waals surface area contributed by atoms with E-state index in [0.29, 0.717) is 42.1 Å². The van der Waals surface area contributed by atoms with Crippen LogP contribution in [0.15, 0.2) is 42.5 Å². The first-order valence-corrected chi connectivity index (χ1v) is 16.5. The molecule has 3 aromatic rings. The van der Waals surface area contributed by atoms with Crippen LogP contribution in [0.2, 0.25) is 0 Å². The van der Waals surface area contributed by atoms with Crippen molar-refractivity contribution in [1.29, 1.82) is 0 Å². The van der Waals surface area contributed by atoms with E-state index < -0.39 is 5.97 Å². The standard InChI is InChI=1S/C37H44FN3O4/c1-5-6-33-32(37(43)44-4)20-31-34(39-33)15-18-41(36(31)42)28-13-16-40(17-14-28)22-26-19-29(24-7-8-24)30(21-35(26)45-23(2)3)25-9-11-27(38)12-10-25/h9-12,19-21,23-24,28H,5-8,13-18,22H2,1-4H3. The Morgan fingerprint density at radius 3 is 2.40 bits per heavy atom. The molecule has 3 aliphatic rings. The van der Waals surface area contributed by atoms with Crippen LogP contribution in [-0.2, 0) is 24.1 Å². The summed E-state index contributed by atoms with van der Waals surface area (Å²) in [4.78, 5) is 35.4. The summed E-state index contributed by atoms with van der Waals surface area (Å²) >= 11 is 0. The molecule has 0 N–H and O–H groups in total. The lowest BCUT2D eigenvalue weighted by atomic mass is 9.93. The Morgan fingerprint density at radius 1 is 1.02 bits per heavy atom. The maximum Gasteiger partial charge on any atom is 0.339 e. The van der Waals surface area contributed by atoms with Gasteiger partial charge < -0.3 is 14.4 Å². The van der Waals surface area contributed by atoms with E-state index in [2.05, 4.69) is 24.0 Å². The van der Waals surface area contributed by atoms with E-state index in [1.165, 1.54) is 43.2 Å². The van der Waals surface area contributed by atoms with Crippen molar-refractivity contribution in [2.75, 3.05) is 26.7 Å². The number of nitrogens with zero attached hydrogens (tertiary/aromatic N) is 3. The van der Waals surface area contributed by atoms with Crippen LogP contribution >= 0.6 is 0 Å². The number of benzene rings is 2. The van der Waals surface area contributed by atoms with E-state index in [-0.39, 0.29) is 23.9 Å². The molecule has 7 nitrogen and oxygen atoms in total. The van der Waals surface area contributed by atoms with E-state index >= 15 is 0 Å². The van der Waals surface area contributed by atoms with Crippen molar-refractivity contribution in [3.63, 3.8) is 0 Å². The van der Waals surface area contributed by atoms with Crippen LogP contribution in [0.4, 0.5) is 4.39 Å². The van der Waals surface area contributed by atoms with Crippen molar-refractivity contribution < 1.29 is 23.5 Å². The fraction of sp³-hybridized carbons (Fsp3) is 0.486. The predicted octanol–water partition coefficient (Wildman–Crippen LogP) is 6.95. The number of hydrogen-bond donors (Lipinski definition) is 0. The predicted molar refractivity (Wildman–Crippen MR) is 172 cm³/mol. The molecule has 0 spiro atoms. The van der Waals surface area contributed by atoms with Gasteiger partial charge in [-0.3, -0.25) is 14.7 Å². The van der Waals surface area contributed by atoms with Crippen LogP contribution in [0.3, 0.4) is 0 Å². The third-order valence-electron chi connectivity index (χ3n) is 9.31. The highest BCUT2D eigenvalue weighted by Crippen LogP contribution is 2.47. The maximum atomic E-state index is 13.7. The topological polar surface area (TPSA) is 72.0 Å². The minimum absolute atomic E-state index is 0.0301. The highest BCUT2D eigenvalue weighted by atomic mass is 19.1. The zero-order valence-electron chi connectivity index (χ0n) is 26.9. The molecule has 3 heterocycles. The number of fused-ring (bicyclic) bond motifs is 1. The molecular formula is C37H44FN3O4. The molecule has 1 amide bonds. The summed E-state index contributed by atoms with van der Waals surface area (Å²) in [6.45, 7) is 9.32. The summed E-state index contributed by atoms with van der Waals surface area (Å²) in [6, 6.07) is 13.1. The average Bonchev–Trinajstić information content (AvgIpc) is 3.88. The Hall–Kier alpha value is -3.78. The second kappa shape index (κ2) is 13.3. The second-order valence-electron chi connectivity index (χ2n) is 13.0. The summed E-state index contributed by atoms with van der Waals surface area (Å²) < 4.78 is 25.1. The van der Waals surface area contributed by atoms with Crippen LogP contribution in [0.1, 0.15) is 102 Å². The minimum Gasteiger partial charge on any atom is -0.491 e. The molecule has 0 radical (unpaired) electrons. The molecule has 6 rings (SSSR count). The second-order valence-corrected chi connectivity index (χ2v) is 13.0. The Kier molecular flexibility index (Phi) is 9.22. The maximum absolute atomic E-state index is 13.7. The van der Waals surface area contributed by atoms with Crippen LogP contribution < -0.4 is 4.74 Å². The smallest absolute Gasteiger partial charge is 0.339 e. The van der Waals surface area contributed by atoms with E-state index in [9.17, 15) is 14.0 Å². The number of methoxy groups -OCH3 is 1. The number of amides is 1. The third kappa shape index (κ3) is 6.76. The number of rotatable bonds is 10. The zero-order chi connectivity index (χ0) is 31.7. The number of carbonyl (C=O) groups is 2. The van der Waals surface area contributed by atoms with Crippen molar-refractivity contribution >= 4 is 11.9 Å². The molecule has 45 heavy (non-hydrogen) atoms. The van der Waals surface area contributed by atoms with Gasteiger partial charge in [-0.2, -0.15) is 0 Å². The quantitative estimate of drug-likeness (QED) is 0.231. The largest absolute Gasteiger partial charge is 0.491 e. The number of carbonyl (C=O) groups excluding carboxylic acids is 2. The summed E-state index contributed by atoms with van der Waals surface area (Å²) in [7, 11) is 1.37. The summed E-state index contributed by atoms with van der Waals surface area (Å²) in [5.74, 6) is 0.708. The fourth-order valence-electron chi connectivity index (χ4n) is 6.89. The van der Waals surface area contributed by atoms with Crippen molar-refractivity contribution in [3.8, 4) is 16.9 Å². The number of pyridine rings is 1.